The van der Waals surface area contributed by atoms with Crippen molar-refractivity contribution in [1.82, 2.24) is 10.2 Å². The van der Waals surface area contributed by atoms with E-state index < -0.39 is 0 Å². The summed E-state index contributed by atoms with van der Waals surface area (Å²) in [6, 6.07) is 5.75. The number of hydrogen-bond acceptors (Lipinski definition) is 3. The fourth-order valence-electron chi connectivity index (χ4n) is 1.75. The average molecular weight is 313 g/mol. The average Bonchev–Trinajstić information content (AvgIpc) is 2.40. The van der Waals surface area contributed by atoms with E-state index in [1.807, 2.05) is 18.2 Å². The minimum atomic E-state index is 0.0422. The Labute approximate surface area is 132 Å². The van der Waals surface area contributed by atoms with Crippen LogP contribution in [-0.2, 0) is 11.3 Å². The first-order chi connectivity index (χ1) is 9.90. The summed E-state index contributed by atoms with van der Waals surface area (Å²) >= 11 is 6.20. The minimum absolute atomic E-state index is 0.0422. The van der Waals surface area contributed by atoms with Crippen molar-refractivity contribution in [3.63, 3.8) is 0 Å². The second-order valence-electron chi connectivity index (χ2n) is 5.68. The summed E-state index contributed by atoms with van der Waals surface area (Å²) in [5.41, 5.74) is 1.12. The van der Waals surface area contributed by atoms with Crippen LogP contribution >= 0.6 is 11.6 Å². The topological polar surface area (TPSA) is 41.6 Å². The number of halogens is 1. The Morgan fingerprint density at radius 2 is 2.10 bits per heavy atom. The van der Waals surface area contributed by atoms with Crippen molar-refractivity contribution in [1.29, 1.82) is 0 Å². The lowest BCUT2D eigenvalue weighted by Crippen LogP contribution is -2.23. The number of carbonyl (C=O) groups is 1. The van der Waals surface area contributed by atoms with Gasteiger partial charge in [0.2, 0.25) is 5.91 Å². The lowest BCUT2D eigenvalue weighted by molar-refractivity contribution is -0.129. The van der Waals surface area contributed by atoms with Gasteiger partial charge in [-0.1, -0.05) is 31.5 Å². The normalized spacial score (nSPS) is 10.8. The Morgan fingerprint density at radius 1 is 1.38 bits per heavy atom. The molecule has 0 unspecified atom stereocenters. The number of benzene rings is 1. The van der Waals surface area contributed by atoms with Crippen molar-refractivity contribution < 1.29 is 9.53 Å². The van der Waals surface area contributed by atoms with E-state index in [0.717, 1.165) is 18.7 Å². The molecule has 1 aromatic carbocycles. The zero-order chi connectivity index (χ0) is 15.8. The molecule has 0 saturated carbocycles. The summed E-state index contributed by atoms with van der Waals surface area (Å²) in [5, 5.41) is 3.95. The highest BCUT2D eigenvalue weighted by atomic mass is 35.5. The second kappa shape index (κ2) is 8.90. The van der Waals surface area contributed by atoms with Gasteiger partial charge in [0.25, 0.3) is 0 Å². The van der Waals surface area contributed by atoms with Crippen molar-refractivity contribution in [2.45, 2.75) is 26.8 Å². The van der Waals surface area contributed by atoms with E-state index >= 15 is 0 Å². The molecule has 1 N–H and O–H groups in total. The van der Waals surface area contributed by atoms with Gasteiger partial charge in [0.15, 0.2) is 0 Å². The van der Waals surface area contributed by atoms with E-state index in [-0.39, 0.29) is 5.91 Å². The van der Waals surface area contributed by atoms with Gasteiger partial charge in [0.05, 0.1) is 18.1 Å². The number of ether oxygens (including phenoxy) is 1. The maximum atomic E-state index is 11.4. The maximum absolute atomic E-state index is 11.4. The predicted molar refractivity (Wildman–Crippen MR) is 86.8 cm³/mol. The van der Waals surface area contributed by atoms with E-state index in [0.29, 0.717) is 29.7 Å². The molecule has 1 amide bonds. The third-order valence-electron chi connectivity index (χ3n) is 2.95. The van der Waals surface area contributed by atoms with Crippen LogP contribution < -0.4 is 10.1 Å². The largest absolute Gasteiger partial charge is 0.491 e. The van der Waals surface area contributed by atoms with Gasteiger partial charge in [-0.25, -0.2) is 0 Å². The summed E-state index contributed by atoms with van der Waals surface area (Å²) in [6.45, 7) is 6.44. The van der Waals surface area contributed by atoms with Crippen LogP contribution in [0.3, 0.4) is 0 Å². The second-order valence-corrected chi connectivity index (χ2v) is 6.08. The van der Waals surface area contributed by atoms with Crippen molar-refractivity contribution >= 4 is 17.5 Å². The van der Waals surface area contributed by atoms with Crippen molar-refractivity contribution in [2.75, 3.05) is 27.2 Å². The molecule has 0 spiro atoms. The van der Waals surface area contributed by atoms with E-state index in [1.165, 1.54) is 0 Å². The van der Waals surface area contributed by atoms with Crippen LogP contribution in [0.1, 0.15) is 25.8 Å². The van der Waals surface area contributed by atoms with Crippen LogP contribution in [0.2, 0.25) is 5.02 Å². The van der Waals surface area contributed by atoms with Crippen LogP contribution in [-0.4, -0.2) is 38.1 Å². The van der Waals surface area contributed by atoms with Crippen molar-refractivity contribution in [2.24, 2.45) is 5.92 Å². The number of nitrogens with zero attached hydrogens (tertiary/aromatic N) is 1. The Morgan fingerprint density at radius 3 is 2.67 bits per heavy atom. The molecule has 0 aliphatic carbocycles. The van der Waals surface area contributed by atoms with E-state index in [9.17, 15) is 4.79 Å². The zero-order valence-corrected chi connectivity index (χ0v) is 14.0. The molecule has 5 heteroatoms. The van der Waals surface area contributed by atoms with Gasteiger partial charge >= 0.3 is 0 Å². The maximum Gasteiger partial charge on any atom is 0.225 e. The number of carbonyl (C=O) groups excluding carboxylic acids is 1. The lowest BCUT2D eigenvalue weighted by Gasteiger charge is -2.12. The first kappa shape index (κ1) is 17.8. The molecule has 0 heterocycles. The number of nitrogens with one attached hydrogen (secondary N) is 1. The smallest absolute Gasteiger partial charge is 0.225 e. The highest BCUT2D eigenvalue weighted by molar-refractivity contribution is 6.32. The van der Waals surface area contributed by atoms with Gasteiger partial charge in [-0.15, -0.1) is 0 Å². The van der Waals surface area contributed by atoms with E-state index in [2.05, 4.69) is 19.2 Å². The predicted octanol–water partition coefficient (Wildman–Crippen LogP) is 2.94. The molecule has 1 aromatic rings. The molecule has 21 heavy (non-hydrogen) atoms. The van der Waals surface area contributed by atoms with Crippen LogP contribution in [0.4, 0.5) is 0 Å². The highest BCUT2D eigenvalue weighted by Crippen LogP contribution is 2.25. The monoisotopic (exact) mass is 312 g/mol. The quantitative estimate of drug-likeness (QED) is 0.802. The molecule has 0 fully saturated rings. The van der Waals surface area contributed by atoms with E-state index in [1.54, 1.807) is 19.0 Å². The van der Waals surface area contributed by atoms with Gasteiger partial charge in [0, 0.05) is 20.6 Å². The molecular weight excluding hydrogens is 288 g/mol. The van der Waals surface area contributed by atoms with Gasteiger partial charge in [-0.05, 0) is 30.2 Å². The standard InChI is InChI=1S/C16H25ClN2O2/c1-12(2)10-18-11-13-5-6-15(14(17)9-13)21-8-7-16(20)19(3)4/h5-6,9,12,18H,7-8,10-11H2,1-4H3. The molecule has 118 valence electrons. The molecular formula is C16H25ClN2O2. The highest BCUT2D eigenvalue weighted by Gasteiger charge is 2.07. The minimum Gasteiger partial charge on any atom is -0.491 e. The fraction of sp³-hybridized carbons (Fsp3) is 0.562. The van der Waals surface area contributed by atoms with Crippen LogP contribution in [0.5, 0.6) is 5.75 Å². The molecule has 0 aliphatic heterocycles. The first-order valence-corrected chi connectivity index (χ1v) is 7.60. The van der Waals surface area contributed by atoms with Gasteiger partial charge in [0.1, 0.15) is 5.75 Å². The third-order valence-corrected chi connectivity index (χ3v) is 3.25. The Kier molecular flexibility index (Phi) is 7.54. The van der Waals surface area contributed by atoms with E-state index in [4.69, 9.17) is 16.3 Å². The Bertz CT molecular complexity index is 462. The summed E-state index contributed by atoms with van der Waals surface area (Å²) in [4.78, 5) is 13.0. The Balaban J connectivity index is 2.45. The first-order valence-electron chi connectivity index (χ1n) is 7.22. The SMILES string of the molecule is CC(C)CNCc1ccc(OCCC(=O)N(C)C)c(Cl)c1. The van der Waals surface area contributed by atoms with Gasteiger partial charge in [-0.3, -0.25) is 4.79 Å². The van der Waals surface area contributed by atoms with Crippen molar-refractivity contribution in [3.05, 3.63) is 28.8 Å². The number of hydrogen-bond donors (Lipinski definition) is 1. The summed E-state index contributed by atoms with van der Waals surface area (Å²) in [5.74, 6) is 1.29. The molecule has 0 saturated heterocycles. The summed E-state index contributed by atoms with van der Waals surface area (Å²) in [7, 11) is 3.46. The lowest BCUT2D eigenvalue weighted by atomic mass is 10.2. The molecule has 4 nitrogen and oxygen atoms in total. The molecule has 0 radical (unpaired) electrons. The van der Waals surface area contributed by atoms with Gasteiger partial charge in [-0.2, -0.15) is 0 Å². The van der Waals surface area contributed by atoms with Gasteiger partial charge < -0.3 is 15.0 Å². The molecule has 0 bridgehead atoms. The van der Waals surface area contributed by atoms with Crippen molar-refractivity contribution in [3.8, 4) is 5.75 Å². The fourth-order valence-corrected chi connectivity index (χ4v) is 2.01. The number of amides is 1. The Hall–Kier alpha value is -1.26. The summed E-state index contributed by atoms with van der Waals surface area (Å²) < 4.78 is 5.56. The van der Waals surface area contributed by atoms with Crippen LogP contribution in [0, 0.1) is 5.92 Å². The van der Waals surface area contributed by atoms with Crippen LogP contribution in [0.25, 0.3) is 0 Å². The van der Waals surface area contributed by atoms with Crippen LogP contribution in [0.15, 0.2) is 18.2 Å². The molecule has 0 atom stereocenters. The molecule has 0 aromatic heterocycles. The summed E-state index contributed by atoms with van der Waals surface area (Å²) in [6.07, 6.45) is 0.348. The molecule has 0 aliphatic rings. The molecule has 1 rings (SSSR count). The third kappa shape index (κ3) is 6.82. The zero-order valence-electron chi connectivity index (χ0n) is 13.3. The number of rotatable bonds is 8.